The Balaban J connectivity index is 1.84. The maximum absolute atomic E-state index is 12.2. The Kier molecular flexibility index (Phi) is 4.31. The maximum Gasteiger partial charge on any atom is 0.251 e. The van der Waals surface area contributed by atoms with Gasteiger partial charge in [-0.15, -0.1) is 22.7 Å². The summed E-state index contributed by atoms with van der Waals surface area (Å²) in [7, 11) is 0. The monoisotopic (exact) mass is 334 g/mol. The van der Waals surface area contributed by atoms with E-state index in [2.05, 4.69) is 12.2 Å². The first-order valence-corrected chi connectivity index (χ1v) is 9.00. The number of rotatable bonds is 4. The molecular formula is C16H18N2O2S2. The van der Waals surface area contributed by atoms with Gasteiger partial charge in [0.1, 0.15) is 5.00 Å². The van der Waals surface area contributed by atoms with Gasteiger partial charge in [-0.2, -0.15) is 0 Å². The van der Waals surface area contributed by atoms with Gasteiger partial charge in [-0.3, -0.25) is 9.59 Å². The molecule has 6 heteroatoms. The minimum Gasteiger partial charge on any atom is -0.365 e. The van der Waals surface area contributed by atoms with Gasteiger partial charge < -0.3 is 11.1 Å². The highest BCUT2D eigenvalue weighted by Gasteiger charge is 2.27. The number of fused-ring (bicyclic) bond motifs is 1. The molecule has 0 unspecified atom stereocenters. The molecule has 1 aliphatic carbocycles. The van der Waals surface area contributed by atoms with Gasteiger partial charge >= 0.3 is 0 Å². The first kappa shape index (κ1) is 15.2. The zero-order valence-corrected chi connectivity index (χ0v) is 14.0. The molecule has 22 heavy (non-hydrogen) atoms. The van der Waals surface area contributed by atoms with Gasteiger partial charge in [0.05, 0.1) is 12.0 Å². The molecule has 0 spiro atoms. The predicted octanol–water partition coefficient (Wildman–Crippen LogP) is 3.21. The standard InChI is InChI=1S/C16H18N2O2S2/c1-9-4-5-11-12(7-9)22-16(14(11)15(17)20)18-13(19)8-10-3-2-6-21-10/h2-3,6,9H,4-5,7-8H2,1H3,(H2,17,20)(H,18,19)/t9-/m1/s1. The van der Waals surface area contributed by atoms with Crippen LogP contribution < -0.4 is 11.1 Å². The number of carbonyl (C=O) groups is 2. The number of hydrogen-bond acceptors (Lipinski definition) is 4. The van der Waals surface area contributed by atoms with Crippen LogP contribution in [0, 0.1) is 5.92 Å². The van der Waals surface area contributed by atoms with Crippen molar-refractivity contribution in [2.45, 2.75) is 32.6 Å². The van der Waals surface area contributed by atoms with E-state index in [0.717, 1.165) is 29.7 Å². The van der Waals surface area contributed by atoms with E-state index in [4.69, 9.17) is 5.73 Å². The van der Waals surface area contributed by atoms with Crippen LogP contribution in [0.15, 0.2) is 17.5 Å². The number of amides is 2. The van der Waals surface area contributed by atoms with E-state index in [1.54, 1.807) is 11.3 Å². The molecule has 0 saturated carbocycles. The summed E-state index contributed by atoms with van der Waals surface area (Å²) in [5.41, 5.74) is 7.11. The molecule has 1 aliphatic rings. The van der Waals surface area contributed by atoms with Crippen molar-refractivity contribution < 1.29 is 9.59 Å². The van der Waals surface area contributed by atoms with Crippen LogP contribution in [0.4, 0.5) is 5.00 Å². The van der Waals surface area contributed by atoms with Gasteiger partial charge in [0.15, 0.2) is 0 Å². The topological polar surface area (TPSA) is 72.2 Å². The Bertz CT molecular complexity index is 704. The normalized spacial score (nSPS) is 17.0. The summed E-state index contributed by atoms with van der Waals surface area (Å²) in [4.78, 5) is 26.2. The van der Waals surface area contributed by atoms with Crippen molar-refractivity contribution in [1.82, 2.24) is 0 Å². The van der Waals surface area contributed by atoms with Crippen molar-refractivity contribution in [3.63, 3.8) is 0 Å². The van der Waals surface area contributed by atoms with Gasteiger partial charge in [0, 0.05) is 9.75 Å². The zero-order valence-electron chi connectivity index (χ0n) is 12.3. The molecule has 0 bridgehead atoms. The second-order valence-corrected chi connectivity index (χ2v) is 7.86. The Morgan fingerprint density at radius 1 is 1.45 bits per heavy atom. The van der Waals surface area contributed by atoms with Crippen molar-refractivity contribution in [3.8, 4) is 0 Å². The first-order chi connectivity index (χ1) is 10.5. The highest BCUT2D eigenvalue weighted by atomic mass is 32.1. The van der Waals surface area contributed by atoms with Gasteiger partial charge in [0.25, 0.3) is 5.91 Å². The van der Waals surface area contributed by atoms with E-state index < -0.39 is 5.91 Å². The average Bonchev–Trinajstić information content (AvgIpc) is 3.04. The quantitative estimate of drug-likeness (QED) is 0.901. The van der Waals surface area contributed by atoms with Crippen molar-refractivity contribution in [1.29, 1.82) is 0 Å². The summed E-state index contributed by atoms with van der Waals surface area (Å²) in [5, 5.41) is 5.45. The van der Waals surface area contributed by atoms with Gasteiger partial charge in [-0.25, -0.2) is 0 Å². The zero-order chi connectivity index (χ0) is 15.7. The van der Waals surface area contributed by atoms with Gasteiger partial charge in [0.2, 0.25) is 5.91 Å². The van der Waals surface area contributed by atoms with Crippen molar-refractivity contribution >= 4 is 39.5 Å². The molecule has 3 N–H and O–H groups in total. The Labute approximate surface area is 137 Å². The molecule has 0 radical (unpaired) electrons. The summed E-state index contributed by atoms with van der Waals surface area (Å²) in [6.45, 7) is 2.21. The minimum atomic E-state index is -0.446. The van der Waals surface area contributed by atoms with Crippen molar-refractivity contribution in [2.75, 3.05) is 5.32 Å². The number of primary amides is 1. The molecule has 1 atom stereocenters. The van der Waals surface area contributed by atoms with Crippen molar-refractivity contribution in [2.24, 2.45) is 11.7 Å². The maximum atomic E-state index is 12.2. The molecule has 116 valence electrons. The summed E-state index contributed by atoms with van der Waals surface area (Å²) < 4.78 is 0. The second kappa shape index (κ2) is 6.22. The molecular weight excluding hydrogens is 316 g/mol. The molecule has 3 rings (SSSR count). The SMILES string of the molecule is C[C@@H]1CCc2c(sc(NC(=O)Cc3cccs3)c2C(N)=O)C1. The van der Waals surface area contributed by atoms with Crippen LogP contribution >= 0.6 is 22.7 Å². The van der Waals surface area contributed by atoms with Crippen LogP contribution in [-0.4, -0.2) is 11.8 Å². The number of hydrogen-bond donors (Lipinski definition) is 2. The van der Waals surface area contributed by atoms with Crippen LogP contribution in [0.3, 0.4) is 0 Å². The largest absolute Gasteiger partial charge is 0.365 e. The fourth-order valence-corrected chi connectivity index (χ4v) is 4.98. The smallest absolute Gasteiger partial charge is 0.251 e. The number of thiophene rings is 2. The molecule has 2 aromatic rings. The second-order valence-electron chi connectivity index (χ2n) is 5.72. The lowest BCUT2D eigenvalue weighted by Gasteiger charge is -2.18. The Hall–Kier alpha value is -1.66. The average molecular weight is 334 g/mol. The third-order valence-corrected chi connectivity index (χ3v) is 5.97. The van der Waals surface area contributed by atoms with E-state index >= 15 is 0 Å². The van der Waals surface area contributed by atoms with Crippen LogP contribution in [0.25, 0.3) is 0 Å². The molecule has 0 aliphatic heterocycles. The van der Waals surface area contributed by atoms with Gasteiger partial charge in [-0.1, -0.05) is 13.0 Å². The predicted molar refractivity (Wildman–Crippen MR) is 90.7 cm³/mol. The number of carbonyl (C=O) groups excluding carboxylic acids is 2. The Morgan fingerprint density at radius 2 is 2.27 bits per heavy atom. The number of nitrogens with two attached hydrogens (primary N) is 1. The van der Waals surface area contributed by atoms with Crippen LogP contribution in [0.2, 0.25) is 0 Å². The van der Waals surface area contributed by atoms with E-state index in [9.17, 15) is 9.59 Å². The van der Waals surface area contributed by atoms with Gasteiger partial charge in [-0.05, 0) is 42.2 Å². The molecule has 0 aromatic carbocycles. The molecule has 4 nitrogen and oxygen atoms in total. The van der Waals surface area contributed by atoms with E-state index in [1.165, 1.54) is 16.2 Å². The number of anilines is 1. The van der Waals surface area contributed by atoms with E-state index in [0.29, 0.717) is 22.9 Å². The third-order valence-electron chi connectivity index (χ3n) is 3.93. The molecule has 0 fully saturated rings. The van der Waals surface area contributed by atoms with Crippen LogP contribution in [0.5, 0.6) is 0 Å². The number of nitrogens with one attached hydrogen (secondary N) is 1. The summed E-state index contributed by atoms with van der Waals surface area (Å²) in [5.74, 6) is 0.0663. The lowest BCUT2D eigenvalue weighted by atomic mass is 9.88. The molecule has 2 amide bonds. The molecule has 0 saturated heterocycles. The third kappa shape index (κ3) is 3.08. The summed E-state index contributed by atoms with van der Waals surface area (Å²) in [6, 6.07) is 3.85. The Morgan fingerprint density at radius 3 is 2.95 bits per heavy atom. The summed E-state index contributed by atoms with van der Waals surface area (Å²) >= 11 is 3.06. The first-order valence-electron chi connectivity index (χ1n) is 7.31. The summed E-state index contributed by atoms with van der Waals surface area (Å²) in [6.07, 6.45) is 3.22. The molecule has 2 heterocycles. The fourth-order valence-electron chi connectivity index (χ4n) is 2.84. The lowest BCUT2D eigenvalue weighted by Crippen LogP contribution is -2.20. The lowest BCUT2D eigenvalue weighted by molar-refractivity contribution is -0.115. The van der Waals surface area contributed by atoms with Crippen molar-refractivity contribution in [3.05, 3.63) is 38.4 Å². The fraction of sp³-hybridized carbons (Fsp3) is 0.375. The highest BCUT2D eigenvalue weighted by molar-refractivity contribution is 7.17. The molecule has 2 aromatic heterocycles. The minimum absolute atomic E-state index is 0.100. The van der Waals surface area contributed by atoms with E-state index in [-0.39, 0.29) is 5.91 Å². The van der Waals surface area contributed by atoms with Crippen LogP contribution in [-0.2, 0) is 24.1 Å². The van der Waals surface area contributed by atoms with E-state index in [1.807, 2.05) is 17.5 Å². The van der Waals surface area contributed by atoms with Crippen LogP contribution in [0.1, 0.15) is 39.0 Å². The highest BCUT2D eigenvalue weighted by Crippen LogP contribution is 2.39.